The van der Waals surface area contributed by atoms with Crippen molar-refractivity contribution in [1.82, 2.24) is 0 Å². The van der Waals surface area contributed by atoms with Gasteiger partial charge in [0.25, 0.3) is 0 Å². The second kappa shape index (κ2) is 4.18. The highest BCUT2D eigenvalue weighted by Crippen LogP contribution is 2.30. The van der Waals surface area contributed by atoms with Gasteiger partial charge in [-0.2, -0.15) is 13.2 Å². The number of anilines is 1. The van der Waals surface area contributed by atoms with E-state index >= 15 is 0 Å². The van der Waals surface area contributed by atoms with Crippen LogP contribution in [0.25, 0.3) is 0 Å². The van der Waals surface area contributed by atoms with Gasteiger partial charge in [-0.1, -0.05) is 11.6 Å². The normalized spacial score (nSPS) is 13.7. The van der Waals surface area contributed by atoms with Gasteiger partial charge in [-0.05, 0) is 25.1 Å². The number of hydrogen-bond donors (Lipinski definition) is 1. The van der Waals surface area contributed by atoms with Gasteiger partial charge >= 0.3 is 6.18 Å². The van der Waals surface area contributed by atoms with E-state index < -0.39 is 12.3 Å². The molecule has 0 fully saturated rings. The van der Waals surface area contributed by atoms with Gasteiger partial charge in [-0.15, -0.1) is 0 Å². The fourth-order valence-electron chi connectivity index (χ4n) is 0.870. The SMILES string of the molecule is CC(Oc1ccc(N)cc1Cl)C(F)(F)F. The predicted octanol–water partition coefficient (Wildman–Crippen LogP) is 3.25. The van der Waals surface area contributed by atoms with Crippen LogP contribution in [0.15, 0.2) is 18.2 Å². The fourth-order valence-corrected chi connectivity index (χ4v) is 1.10. The molecule has 0 aliphatic carbocycles. The molecule has 0 spiro atoms. The second-order valence-corrected chi connectivity index (χ2v) is 3.40. The molecule has 2 N–H and O–H groups in total. The summed E-state index contributed by atoms with van der Waals surface area (Å²) in [6.45, 7) is 0.909. The Morgan fingerprint density at radius 3 is 2.47 bits per heavy atom. The van der Waals surface area contributed by atoms with Crippen LogP contribution in [0.5, 0.6) is 5.75 Å². The monoisotopic (exact) mass is 239 g/mol. The summed E-state index contributed by atoms with van der Waals surface area (Å²) >= 11 is 5.65. The average Bonchev–Trinajstić information content (AvgIpc) is 2.08. The van der Waals surface area contributed by atoms with Gasteiger partial charge < -0.3 is 10.5 Å². The molecule has 0 aliphatic heterocycles. The number of nitrogens with two attached hydrogens (primary N) is 1. The maximum Gasteiger partial charge on any atom is 0.425 e. The third kappa shape index (κ3) is 3.20. The Labute approximate surface area is 89.8 Å². The minimum absolute atomic E-state index is 0.0318. The van der Waals surface area contributed by atoms with E-state index in [-0.39, 0.29) is 10.8 Å². The summed E-state index contributed by atoms with van der Waals surface area (Å²) in [5, 5.41) is 0.0612. The molecule has 1 aromatic carbocycles. The smallest absolute Gasteiger partial charge is 0.425 e. The summed E-state index contributed by atoms with van der Waals surface area (Å²) in [6, 6.07) is 4.06. The first-order valence-electron chi connectivity index (χ1n) is 4.09. The maximum atomic E-state index is 12.2. The van der Waals surface area contributed by atoms with Gasteiger partial charge in [-0.25, -0.2) is 0 Å². The Morgan fingerprint density at radius 1 is 1.40 bits per heavy atom. The third-order valence-electron chi connectivity index (χ3n) is 1.72. The summed E-state index contributed by atoms with van der Waals surface area (Å²) in [4.78, 5) is 0. The molecule has 1 rings (SSSR count). The van der Waals surface area contributed by atoms with Crippen molar-refractivity contribution in [2.75, 3.05) is 5.73 Å². The molecule has 0 radical (unpaired) electrons. The maximum absolute atomic E-state index is 12.2. The van der Waals surface area contributed by atoms with Crippen molar-refractivity contribution in [3.05, 3.63) is 23.2 Å². The number of hydrogen-bond acceptors (Lipinski definition) is 2. The zero-order chi connectivity index (χ0) is 11.6. The molecule has 0 bridgehead atoms. The van der Waals surface area contributed by atoms with Crippen molar-refractivity contribution in [2.24, 2.45) is 0 Å². The van der Waals surface area contributed by atoms with Crippen LogP contribution in [0.4, 0.5) is 18.9 Å². The lowest BCUT2D eigenvalue weighted by Crippen LogP contribution is -2.31. The highest BCUT2D eigenvalue weighted by Gasteiger charge is 2.38. The first-order valence-corrected chi connectivity index (χ1v) is 4.47. The van der Waals surface area contributed by atoms with Gasteiger partial charge in [0.1, 0.15) is 5.75 Å². The van der Waals surface area contributed by atoms with E-state index in [2.05, 4.69) is 4.74 Å². The van der Waals surface area contributed by atoms with Crippen molar-refractivity contribution in [3.63, 3.8) is 0 Å². The van der Waals surface area contributed by atoms with E-state index in [9.17, 15) is 13.2 Å². The zero-order valence-corrected chi connectivity index (χ0v) is 8.56. The summed E-state index contributed by atoms with van der Waals surface area (Å²) in [5.74, 6) is -0.0318. The second-order valence-electron chi connectivity index (χ2n) is 2.99. The Balaban J connectivity index is 2.82. The van der Waals surface area contributed by atoms with Crippen LogP contribution in [0.1, 0.15) is 6.92 Å². The molecule has 0 aromatic heterocycles. The molecule has 1 aromatic rings. The molecule has 1 atom stereocenters. The van der Waals surface area contributed by atoms with Crippen LogP contribution >= 0.6 is 11.6 Å². The lowest BCUT2D eigenvalue weighted by Gasteiger charge is -2.18. The number of rotatable bonds is 2. The first-order chi connectivity index (χ1) is 6.80. The molecule has 2 nitrogen and oxygen atoms in total. The van der Waals surface area contributed by atoms with Gasteiger partial charge in [0.05, 0.1) is 5.02 Å². The number of benzene rings is 1. The number of nitrogen functional groups attached to an aromatic ring is 1. The number of alkyl halides is 3. The molecule has 84 valence electrons. The number of ether oxygens (including phenoxy) is 1. The van der Waals surface area contributed by atoms with Crippen LogP contribution in [0, 0.1) is 0 Å². The quantitative estimate of drug-likeness (QED) is 0.804. The van der Waals surface area contributed by atoms with E-state index in [1.54, 1.807) is 0 Å². The minimum atomic E-state index is -4.41. The van der Waals surface area contributed by atoms with Crippen molar-refractivity contribution in [1.29, 1.82) is 0 Å². The summed E-state index contributed by atoms with van der Waals surface area (Å²) in [6.07, 6.45) is -6.32. The molecule has 0 heterocycles. The molecule has 0 aliphatic rings. The van der Waals surface area contributed by atoms with Crippen LogP contribution < -0.4 is 10.5 Å². The Morgan fingerprint density at radius 2 is 2.00 bits per heavy atom. The Kier molecular flexibility index (Phi) is 3.34. The van der Waals surface area contributed by atoms with Crippen molar-refractivity contribution >= 4 is 17.3 Å². The Bertz CT molecular complexity index is 354. The number of halogens is 4. The van der Waals surface area contributed by atoms with E-state index in [4.69, 9.17) is 17.3 Å². The largest absolute Gasteiger partial charge is 0.480 e. The summed E-state index contributed by atoms with van der Waals surface area (Å²) < 4.78 is 41.1. The van der Waals surface area contributed by atoms with Crippen molar-refractivity contribution in [3.8, 4) is 5.75 Å². The topological polar surface area (TPSA) is 35.2 Å². The molecule has 1 unspecified atom stereocenters. The third-order valence-corrected chi connectivity index (χ3v) is 2.02. The molecular formula is C9H9ClF3NO. The van der Waals surface area contributed by atoms with Crippen LogP contribution in [0.3, 0.4) is 0 Å². The fraction of sp³-hybridized carbons (Fsp3) is 0.333. The average molecular weight is 240 g/mol. The van der Waals surface area contributed by atoms with Gasteiger partial charge in [0.2, 0.25) is 0 Å². The lowest BCUT2D eigenvalue weighted by molar-refractivity contribution is -0.189. The van der Waals surface area contributed by atoms with E-state index in [0.29, 0.717) is 5.69 Å². The minimum Gasteiger partial charge on any atom is -0.480 e. The summed E-state index contributed by atoms with van der Waals surface area (Å²) in [5.41, 5.74) is 5.75. The molecule has 6 heteroatoms. The molecular weight excluding hydrogens is 231 g/mol. The summed E-state index contributed by atoms with van der Waals surface area (Å²) in [7, 11) is 0. The predicted molar refractivity (Wildman–Crippen MR) is 52.0 cm³/mol. The highest BCUT2D eigenvalue weighted by atomic mass is 35.5. The molecule has 0 amide bonds. The van der Waals surface area contributed by atoms with E-state index in [1.807, 2.05) is 0 Å². The standard InChI is InChI=1S/C9H9ClF3NO/c1-5(9(11,12)13)15-8-3-2-6(14)4-7(8)10/h2-5H,14H2,1H3. The van der Waals surface area contributed by atoms with Crippen molar-refractivity contribution in [2.45, 2.75) is 19.2 Å². The first kappa shape index (κ1) is 12.0. The molecule has 15 heavy (non-hydrogen) atoms. The van der Waals surface area contributed by atoms with Crippen LogP contribution in [-0.4, -0.2) is 12.3 Å². The van der Waals surface area contributed by atoms with E-state index in [0.717, 1.165) is 6.92 Å². The highest BCUT2D eigenvalue weighted by molar-refractivity contribution is 6.32. The van der Waals surface area contributed by atoms with Gasteiger partial charge in [0, 0.05) is 5.69 Å². The zero-order valence-electron chi connectivity index (χ0n) is 7.81. The van der Waals surface area contributed by atoms with E-state index in [1.165, 1.54) is 18.2 Å². The van der Waals surface area contributed by atoms with Crippen LogP contribution in [-0.2, 0) is 0 Å². The Hall–Kier alpha value is -1.10. The molecule has 0 saturated carbocycles. The lowest BCUT2D eigenvalue weighted by atomic mass is 10.3. The molecule has 0 saturated heterocycles. The van der Waals surface area contributed by atoms with Crippen LogP contribution in [0.2, 0.25) is 5.02 Å². The van der Waals surface area contributed by atoms with Crippen molar-refractivity contribution < 1.29 is 17.9 Å². The van der Waals surface area contributed by atoms with Gasteiger partial charge in [-0.3, -0.25) is 0 Å². The van der Waals surface area contributed by atoms with Gasteiger partial charge in [0.15, 0.2) is 6.10 Å².